The fourth-order valence-corrected chi connectivity index (χ4v) is 2.33. The molecule has 3 heteroatoms. The molecule has 3 rings (SSSR count). The molecule has 1 aliphatic heterocycles. The lowest BCUT2D eigenvalue weighted by Gasteiger charge is -2.21. The average molecular weight is 255 g/mol. The van der Waals surface area contributed by atoms with E-state index >= 15 is 0 Å². The van der Waals surface area contributed by atoms with E-state index in [4.69, 9.17) is 4.74 Å². The van der Waals surface area contributed by atoms with Gasteiger partial charge in [0.15, 0.2) is 6.61 Å². The average Bonchev–Trinajstić information content (AvgIpc) is 2.79. The number of fused-ring (bicyclic) bond motifs is 3. The molecule has 3 nitrogen and oxygen atoms in total. The van der Waals surface area contributed by atoms with Gasteiger partial charge in [0.05, 0.1) is 11.4 Å². The molecule has 0 N–H and O–H groups in total. The summed E-state index contributed by atoms with van der Waals surface area (Å²) in [6.07, 6.45) is 1.91. The van der Waals surface area contributed by atoms with Gasteiger partial charge in [0, 0.05) is 6.20 Å². The highest BCUT2D eigenvalue weighted by molar-refractivity contribution is 5.97. The molecule has 2 aromatic rings. The van der Waals surface area contributed by atoms with Gasteiger partial charge in [-0.1, -0.05) is 26.8 Å². The van der Waals surface area contributed by atoms with Crippen LogP contribution >= 0.6 is 0 Å². The van der Waals surface area contributed by atoms with Crippen molar-refractivity contribution in [2.45, 2.75) is 26.2 Å². The van der Waals surface area contributed by atoms with E-state index in [-0.39, 0.29) is 17.8 Å². The fourth-order valence-electron chi connectivity index (χ4n) is 2.33. The van der Waals surface area contributed by atoms with Crippen LogP contribution in [0.2, 0.25) is 0 Å². The van der Waals surface area contributed by atoms with Gasteiger partial charge in [0.1, 0.15) is 5.75 Å². The topological polar surface area (TPSA) is 31.2 Å². The second kappa shape index (κ2) is 3.98. The van der Waals surface area contributed by atoms with Crippen molar-refractivity contribution in [2.75, 3.05) is 6.61 Å². The van der Waals surface area contributed by atoms with E-state index in [1.807, 2.05) is 29.0 Å². The van der Waals surface area contributed by atoms with Gasteiger partial charge >= 0.3 is 0 Å². The zero-order valence-electron chi connectivity index (χ0n) is 11.4. The molecule has 0 unspecified atom stereocenters. The number of hydrogen-bond donors (Lipinski definition) is 0. The van der Waals surface area contributed by atoms with E-state index < -0.39 is 0 Å². The summed E-state index contributed by atoms with van der Waals surface area (Å²) < 4.78 is 7.52. The third-order valence-electron chi connectivity index (χ3n) is 3.48. The number of carbonyl (C=O) groups excluding carboxylic acids is 1. The standard InChI is InChI=1S/C16H17NO2/c1-16(2,3)11-6-7-15-13(9-11)17-8-4-5-12(17)14(18)10-19-15/h4-9H,10H2,1-3H3. The Labute approximate surface area is 112 Å². The molecular weight excluding hydrogens is 238 g/mol. The van der Waals surface area contributed by atoms with Crippen LogP contribution in [0.1, 0.15) is 36.8 Å². The SMILES string of the molecule is CC(C)(C)c1ccc2c(c1)-n1cccc1C(=O)CO2. The van der Waals surface area contributed by atoms with E-state index in [0.29, 0.717) is 5.69 Å². The highest BCUT2D eigenvalue weighted by Crippen LogP contribution is 2.32. The Morgan fingerprint density at radius 1 is 1.21 bits per heavy atom. The maximum Gasteiger partial charge on any atom is 0.216 e. The van der Waals surface area contributed by atoms with E-state index in [1.165, 1.54) is 5.56 Å². The van der Waals surface area contributed by atoms with Crippen molar-refractivity contribution in [2.24, 2.45) is 0 Å². The molecule has 0 saturated carbocycles. The van der Waals surface area contributed by atoms with Crippen molar-refractivity contribution in [3.8, 4) is 11.4 Å². The zero-order chi connectivity index (χ0) is 13.6. The summed E-state index contributed by atoms with van der Waals surface area (Å²) in [4.78, 5) is 12.0. The van der Waals surface area contributed by atoms with Crippen molar-refractivity contribution >= 4 is 5.78 Å². The van der Waals surface area contributed by atoms with Gasteiger partial charge in [-0.05, 0) is 35.2 Å². The number of ether oxygens (including phenoxy) is 1. The summed E-state index contributed by atoms with van der Waals surface area (Å²) in [5.41, 5.74) is 2.92. The van der Waals surface area contributed by atoms with Crippen LogP contribution in [0.5, 0.6) is 5.75 Å². The van der Waals surface area contributed by atoms with Crippen LogP contribution in [0, 0.1) is 0 Å². The van der Waals surface area contributed by atoms with Gasteiger partial charge in [-0.15, -0.1) is 0 Å². The minimum atomic E-state index is 0.0125. The van der Waals surface area contributed by atoms with Crippen LogP contribution in [0.15, 0.2) is 36.5 Å². The van der Waals surface area contributed by atoms with Crippen LogP contribution in [0.4, 0.5) is 0 Å². The zero-order valence-corrected chi connectivity index (χ0v) is 11.4. The van der Waals surface area contributed by atoms with Crippen LogP contribution in [0.25, 0.3) is 5.69 Å². The molecule has 2 heterocycles. The first-order chi connectivity index (χ1) is 8.97. The van der Waals surface area contributed by atoms with Crippen LogP contribution < -0.4 is 4.74 Å². The molecule has 0 fully saturated rings. The van der Waals surface area contributed by atoms with Crippen molar-refractivity contribution in [1.82, 2.24) is 4.57 Å². The number of nitrogens with zero attached hydrogens (tertiary/aromatic N) is 1. The van der Waals surface area contributed by atoms with E-state index in [2.05, 4.69) is 32.9 Å². The van der Waals surface area contributed by atoms with Crippen molar-refractivity contribution in [3.05, 3.63) is 47.8 Å². The minimum absolute atomic E-state index is 0.0125. The van der Waals surface area contributed by atoms with Gasteiger partial charge in [-0.3, -0.25) is 4.79 Å². The lowest BCUT2D eigenvalue weighted by molar-refractivity contribution is 0.0921. The van der Waals surface area contributed by atoms with Crippen molar-refractivity contribution in [3.63, 3.8) is 0 Å². The van der Waals surface area contributed by atoms with Gasteiger partial charge in [0.2, 0.25) is 5.78 Å². The number of rotatable bonds is 0. The van der Waals surface area contributed by atoms with Crippen LogP contribution in [-0.4, -0.2) is 17.0 Å². The maximum absolute atomic E-state index is 12.0. The molecule has 0 atom stereocenters. The summed E-state index contributed by atoms with van der Waals surface area (Å²) >= 11 is 0. The number of aromatic nitrogens is 1. The molecule has 98 valence electrons. The van der Waals surface area contributed by atoms with Gasteiger partial charge in [-0.2, -0.15) is 0 Å². The smallest absolute Gasteiger partial charge is 0.216 e. The molecular formula is C16H17NO2. The third kappa shape index (κ3) is 1.95. The monoisotopic (exact) mass is 255 g/mol. The number of hydrogen-bond acceptors (Lipinski definition) is 2. The van der Waals surface area contributed by atoms with Crippen LogP contribution in [0.3, 0.4) is 0 Å². The van der Waals surface area contributed by atoms with E-state index in [9.17, 15) is 4.79 Å². The van der Waals surface area contributed by atoms with Crippen molar-refractivity contribution < 1.29 is 9.53 Å². The fraction of sp³-hybridized carbons (Fsp3) is 0.312. The summed E-state index contributed by atoms with van der Waals surface area (Å²) in [5, 5.41) is 0. The number of ketones is 1. The molecule has 19 heavy (non-hydrogen) atoms. The molecule has 1 aromatic heterocycles. The summed E-state index contributed by atoms with van der Waals surface area (Å²) in [7, 11) is 0. The Hall–Kier alpha value is -2.03. The lowest BCUT2D eigenvalue weighted by atomic mass is 9.87. The van der Waals surface area contributed by atoms with E-state index in [1.54, 1.807) is 0 Å². The molecule has 1 aliphatic rings. The highest BCUT2D eigenvalue weighted by atomic mass is 16.5. The quantitative estimate of drug-likeness (QED) is 0.723. The Morgan fingerprint density at radius 3 is 2.74 bits per heavy atom. The Morgan fingerprint density at radius 2 is 2.00 bits per heavy atom. The second-order valence-electron chi connectivity index (χ2n) is 5.91. The predicted octanol–water partition coefficient (Wildman–Crippen LogP) is 3.35. The van der Waals surface area contributed by atoms with Gasteiger partial charge in [-0.25, -0.2) is 0 Å². The largest absolute Gasteiger partial charge is 0.483 e. The Kier molecular flexibility index (Phi) is 2.52. The molecule has 0 bridgehead atoms. The molecule has 1 aromatic carbocycles. The molecule has 0 aliphatic carbocycles. The number of carbonyl (C=O) groups is 1. The minimum Gasteiger partial charge on any atom is -0.483 e. The molecule has 0 saturated heterocycles. The third-order valence-corrected chi connectivity index (χ3v) is 3.48. The molecule has 0 radical (unpaired) electrons. The summed E-state index contributed by atoms with van der Waals surface area (Å²) in [6, 6.07) is 9.87. The first-order valence-electron chi connectivity index (χ1n) is 6.45. The van der Waals surface area contributed by atoms with Gasteiger partial charge in [0.25, 0.3) is 0 Å². The highest BCUT2D eigenvalue weighted by Gasteiger charge is 2.22. The Balaban J connectivity index is 2.23. The molecule has 0 amide bonds. The normalized spacial score (nSPS) is 14.4. The second-order valence-corrected chi connectivity index (χ2v) is 5.91. The lowest BCUT2D eigenvalue weighted by Crippen LogP contribution is -2.12. The first kappa shape index (κ1) is 12.0. The molecule has 0 spiro atoms. The predicted molar refractivity (Wildman–Crippen MR) is 74.3 cm³/mol. The van der Waals surface area contributed by atoms with E-state index in [0.717, 1.165) is 11.4 Å². The summed E-state index contributed by atoms with van der Waals surface area (Å²) in [5.74, 6) is 0.773. The summed E-state index contributed by atoms with van der Waals surface area (Å²) in [6.45, 7) is 6.63. The van der Waals surface area contributed by atoms with Crippen LogP contribution in [-0.2, 0) is 5.41 Å². The number of benzene rings is 1. The number of Topliss-reactive ketones (excluding diaryl/α,β-unsaturated/α-hetero) is 1. The first-order valence-corrected chi connectivity index (χ1v) is 6.45. The Bertz CT molecular complexity index is 647. The van der Waals surface area contributed by atoms with Gasteiger partial charge < -0.3 is 9.30 Å². The maximum atomic E-state index is 12.0. The van der Waals surface area contributed by atoms with Crippen molar-refractivity contribution in [1.29, 1.82) is 0 Å².